The summed E-state index contributed by atoms with van der Waals surface area (Å²) in [6.45, 7) is 1.34. The van der Waals surface area contributed by atoms with Gasteiger partial charge in [0.25, 0.3) is 0 Å². The van der Waals surface area contributed by atoms with Crippen LogP contribution in [0.3, 0.4) is 0 Å². The van der Waals surface area contributed by atoms with E-state index in [4.69, 9.17) is 32.7 Å². The highest BCUT2D eigenvalue weighted by molar-refractivity contribution is 6.35. The molecule has 0 saturated carbocycles. The van der Waals surface area contributed by atoms with Crippen molar-refractivity contribution in [1.82, 2.24) is 15.3 Å². The number of hydrogen-bond acceptors (Lipinski definition) is 6. The normalized spacial score (nSPS) is 10.6. The minimum atomic E-state index is -0.379. The van der Waals surface area contributed by atoms with Crippen LogP contribution in [-0.4, -0.2) is 50.4 Å². The first-order chi connectivity index (χ1) is 15.9. The van der Waals surface area contributed by atoms with E-state index in [1.165, 1.54) is 4.90 Å². The van der Waals surface area contributed by atoms with Crippen molar-refractivity contribution in [3.05, 3.63) is 70.3 Å². The molecule has 0 atom stereocenters. The SMILES string of the molecule is COCCN(C)c1nccc(N(C(=O)NCc2ccc(Cl)cc2Cl)c2ccc(OC)cc2)n1. The first-order valence-corrected chi connectivity index (χ1v) is 10.9. The molecule has 0 aliphatic carbocycles. The Labute approximate surface area is 203 Å². The Morgan fingerprint density at radius 1 is 1.09 bits per heavy atom. The number of nitrogens with zero attached hydrogens (tertiary/aromatic N) is 4. The van der Waals surface area contributed by atoms with Gasteiger partial charge < -0.3 is 19.7 Å². The third-order valence-corrected chi connectivity index (χ3v) is 5.40. The Hall–Kier alpha value is -3.07. The lowest BCUT2D eigenvalue weighted by Gasteiger charge is -2.24. The summed E-state index contributed by atoms with van der Waals surface area (Å²) in [4.78, 5) is 25.6. The fraction of sp³-hybridized carbons (Fsp3) is 0.261. The molecule has 3 aromatic rings. The summed E-state index contributed by atoms with van der Waals surface area (Å²) in [5.74, 6) is 1.56. The molecule has 0 aliphatic rings. The molecular formula is C23H25Cl2N5O3. The maximum atomic E-state index is 13.3. The highest BCUT2D eigenvalue weighted by Crippen LogP contribution is 2.27. The van der Waals surface area contributed by atoms with Crippen LogP contribution in [0.4, 0.5) is 22.2 Å². The smallest absolute Gasteiger partial charge is 0.327 e. The third kappa shape index (κ3) is 6.47. The summed E-state index contributed by atoms with van der Waals surface area (Å²) < 4.78 is 10.4. The number of anilines is 3. The fourth-order valence-corrected chi connectivity index (χ4v) is 3.45. The molecule has 33 heavy (non-hydrogen) atoms. The van der Waals surface area contributed by atoms with Crippen LogP contribution in [0, 0.1) is 0 Å². The molecule has 0 saturated heterocycles. The van der Waals surface area contributed by atoms with E-state index in [1.54, 1.807) is 68.9 Å². The third-order valence-electron chi connectivity index (χ3n) is 4.81. The number of halogens is 2. The summed E-state index contributed by atoms with van der Waals surface area (Å²) in [6.07, 6.45) is 1.61. The van der Waals surface area contributed by atoms with Crippen LogP contribution in [0.5, 0.6) is 5.75 Å². The summed E-state index contributed by atoms with van der Waals surface area (Å²) >= 11 is 12.2. The highest BCUT2D eigenvalue weighted by atomic mass is 35.5. The number of carbonyl (C=O) groups excluding carboxylic acids is 1. The number of benzene rings is 2. The van der Waals surface area contributed by atoms with E-state index in [1.807, 2.05) is 11.9 Å². The van der Waals surface area contributed by atoms with Crippen molar-refractivity contribution < 1.29 is 14.3 Å². The average Bonchev–Trinajstić information content (AvgIpc) is 2.82. The molecule has 0 fully saturated rings. The van der Waals surface area contributed by atoms with Gasteiger partial charge in [0.15, 0.2) is 0 Å². The Kier molecular flexibility index (Phi) is 8.71. The van der Waals surface area contributed by atoms with Gasteiger partial charge in [-0.15, -0.1) is 0 Å². The van der Waals surface area contributed by atoms with E-state index in [2.05, 4.69) is 15.3 Å². The summed E-state index contributed by atoms with van der Waals surface area (Å²) in [7, 11) is 5.08. The second kappa shape index (κ2) is 11.7. The molecule has 2 amide bonds. The standard InChI is InChI=1S/C23H25Cl2N5O3/c1-29(12-13-32-2)22-26-11-10-21(28-22)30(18-6-8-19(33-3)9-7-18)23(31)27-15-16-4-5-17(24)14-20(16)25/h4-11,14H,12-13,15H2,1-3H3,(H,27,31). The number of amides is 2. The molecule has 0 aliphatic heterocycles. The van der Waals surface area contributed by atoms with Gasteiger partial charge in [-0.25, -0.2) is 14.7 Å². The van der Waals surface area contributed by atoms with Crippen LogP contribution in [0.2, 0.25) is 10.0 Å². The largest absolute Gasteiger partial charge is 0.497 e. The van der Waals surface area contributed by atoms with Gasteiger partial charge in [-0.2, -0.15) is 4.98 Å². The first kappa shape index (κ1) is 24.6. The van der Waals surface area contributed by atoms with Gasteiger partial charge in [-0.1, -0.05) is 29.3 Å². The van der Waals surface area contributed by atoms with Gasteiger partial charge in [0, 0.05) is 49.6 Å². The van der Waals surface area contributed by atoms with Crippen LogP contribution in [0.1, 0.15) is 5.56 Å². The molecule has 1 heterocycles. The topological polar surface area (TPSA) is 79.8 Å². The zero-order chi connectivity index (χ0) is 23.8. The number of hydrogen-bond donors (Lipinski definition) is 1. The predicted octanol–water partition coefficient (Wildman–Crippen LogP) is 4.92. The number of methoxy groups -OCH3 is 2. The van der Waals surface area contributed by atoms with Crippen molar-refractivity contribution in [2.24, 2.45) is 0 Å². The summed E-state index contributed by atoms with van der Waals surface area (Å²) in [5, 5.41) is 3.91. The zero-order valence-corrected chi connectivity index (χ0v) is 20.1. The van der Waals surface area contributed by atoms with E-state index in [-0.39, 0.29) is 12.6 Å². The monoisotopic (exact) mass is 489 g/mol. The lowest BCUT2D eigenvalue weighted by atomic mass is 10.2. The Bertz CT molecular complexity index is 1080. The fourth-order valence-electron chi connectivity index (χ4n) is 2.98. The van der Waals surface area contributed by atoms with Crippen LogP contribution >= 0.6 is 23.2 Å². The van der Waals surface area contributed by atoms with Gasteiger partial charge in [0.2, 0.25) is 5.95 Å². The van der Waals surface area contributed by atoms with E-state index in [9.17, 15) is 4.79 Å². The van der Waals surface area contributed by atoms with Gasteiger partial charge in [-0.05, 0) is 42.0 Å². The van der Waals surface area contributed by atoms with Crippen LogP contribution < -0.4 is 19.9 Å². The van der Waals surface area contributed by atoms with Crippen molar-refractivity contribution in [2.75, 3.05) is 44.2 Å². The van der Waals surface area contributed by atoms with Gasteiger partial charge in [0.05, 0.1) is 19.4 Å². The van der Waals surface area contributed by atoms with E-state index < -0.39 is 0 Å². The number of ether oxygens (including phenoxy) is 2. The van der Waals surface area contributed by atoms with Crippen molar-refractivity contribution in [3.63, 3.8) is 0 Å². The van der Waals surface area contributed by atoms with E-state index >= 15 is 0 Å². The average molecular weight is 490 g/mol. The Balaban J connectivity index is 1.90. The van der Waals surface area contributed by atoms with Crippen molar-refractivity contribution >= 4 is 46.7 Å². The molecule has 8 nitrogen and oxygen atoms in total. The lowest BCUT2D eigenvalue weighted by Crippen LogP contribution is -2.37. The maximum Gasteiger partial charge on any atom is 0.327 e. The highest BCUT2D eigenvalue weighted by Gasteiger charge is 2.21. The van der Waals surface area contributed by atoms with Gasteiger partial charge >= 0.3 is 6.03 Å². The number of urea groups is 1. The Morgan fingerprint density at radius 2 is 1.85 bits per heavy atom. The number of rotatable bonds is 9. The number of nitrogens with one attached hydrogen (secondary N) is 1. The van der Waals surface area contributed by atoms with Gasteiger partial charge in [0.1, 0.15) is 11.6 Å². The molecule has 1 N–H and O–H groups in total. The molecule has 3 rings (SSSR count). The van der Waals surface area contributed by atoms with Crippen molar-refractivity contribution in [1.29, 1.82) is 0 Å². The molecular weight excluding hydrogens is 465 g/mol. The van der Waals surface area contributed by atoms with Gasteiger partial charge in [-0.3, -0.25) is 0 Å². The maximum absolute atomic E-state index is 13.3. The zero-order valence-electron chi connectivity index (χ0n) is 18.6. The lowest BCUT2D eigenvalue weighted by molar-refractivity contribution is 0.206. The summed E-state index contributed by atoms with van der Waals surface area (Å²) in [5.41, 5.74) is 1.35. The van der Waals surface area contributed by atoms with Crippen LogP contribution in [0.15, 0.2) is 54.7 Å². The molecule has 0 unspecified atom stereocenters. The molecule has 174 valence electrons. The Morgan fingerprint density at radius 3 is 2.52 bits per heavy atom. The second-order valence-electron chi connectivity index (χ2n) is 7.06. The number of aromatic nitrogens is 2. The molecule has 10 heteroatoms. The van der Waals surface area contributed by atoms with E-state index in [0.29, 0.717) is 46.4 Å². The van der Waals surface area contributed by atoms with Crippen molar-refractivity contribution in [3.8, 4) is 5.75 Å². The molecule has 0 bridgehead atoms. The molecule has 0 radical (unpaired) electrons. The number of carbonyl (C=O) groups is 1. The van der Waals surface area contributed by atoms with Crippen LogP contribution in [0.25, 0.3) is 0 Å². The molecule has 0 spiro atoms. The second-order valence-corrected chi connectivity index (χ2v) is 7.90. The minimum Gasteiger partial charge on any atom is -0.497 e. The molecule has 1 aromatic heterocycles. The molecule has 2 aromatic carbocycles. The van der Waals surface area contributed by atoms with Crippen molar-refractivity contribution in [2.45, 2.75) is 6.54 Å². The minimum absolute atomic E-state index is 0.215. The van der Waals surface area contributed by atoms with Crippen LogP contribution in [-0.2, 0) is 11.3 Å². The quantitative estimate of drug-likeness (QED) is 0.459. The number of likely N-dealkylation sites (N-methyl/N-ethyl adjacent to an activating group) is 1. The first-order valence-electron chi connectivity index (χ1n) is 10.1. The summed E-state index contributed by atoms with van der Waals surface area (Å²) in [6, 6.07) is 13.5. The predicted molar refractivity (Wildman–Crippen MR) is 131 cm³/mol. The van der Waals surface area contributed by atoms with E-state index in [0.717, 1.165) is 5.56 Å².